The number of carbonyl (C=O) groups excluding carboxylic acids is 2. The Balaban J connectivity index is 2.04. The number of rotatable bonds is 11. The molecule has 0 radical (unpaired) electrons. The third kappa shape index (κ3) is 7.36. The number of aliphatic hydroxyl groups excluding tert-OH is 5. The molecule has 0 spiro atoms. The maximum absolute atomic E-state index is 12.0. The minimum Gasteiger partial charge on any atom is -0.453 e. The molecule has 14 heteroatoms. The number of hydrogen-bond donors (Lipinski definition) is 5. The van der Waals surface area contributed by atoms with Crippen molar-refractivity contribution in [3.63, 3.8) is 0 Å². The zero-order chi connectivity index (χ0) is 26.4. The molecule has 7 unspecified atom stereocenters. The number of ketones is 1. The van der Waals surface area contributed by atoms with Crippen molar-refractivity contribution in [2.45, 2.75) is 101 Å². The first-order chi connectivity index (χ1) is 16.4. The van der Waals surface area contributed by atoms with Gasteiger partial charge in [-0.05, 0) is 27.7 Å². The van der Waals surface area contributed by atoms with Crippen LogP contribution in [-0.2, 0) is 43.0 Å². The highest BCUT2D eigenvalue weighted by atomic mass is 17.2. The van der Waals surface area contributed by atoms with E-state index in [4.69, 9.17) is 33.5 Å². The minimum absolute atomic E-state index is 0.346. The van der Waals surface area contributed by atoms with Gasteiger partial charge >= 0.3 is 5.97 Å². The van der Waals surface area contributed by atoms with Crippen molar-refractivity contribution >= 4 is 11.8 Å². The molecule has 2 aliphatic rings. The highest BCUT2D eigenvalue weighted by molar-refractivity contribution is 5.84. The molecule has 0 aliphatic carbocycles. The molecule has 2 fully saturated rings. The number of methoxy groups -OCH3 is 1. The van der Waals surface area contributed by atoms with E-state index in [-0.39, 0.29) is 5.78 Å². The topological polar surface area (TPSA) is 200 Å². The summed E-state index contributed by atoms with van der Waals surface area (Å²) in [6.07, 6.45) is -15.0. The summed E-state index contributed by atoms with van der Waals surface area (Å²) in [7, 11) is 1.27. The van der Waals surface area contributed by atoms with Crippen molar-refractivity contribution in [2.75, 3.05) is 20.3 Å². The Hall–Kier alpha value is -1.30. The first-order valence-electron chi connectivity index (χ1n) is 11.2. The summed E-state index contributed by atoms with van der Waals surface area (Å²) in [5.74, 6) is -1.19. The van der Waals surface area contributed by atoms with Crippen LogP contribution in [0.5, 0.6) is 0 Å². The maximum Gasteiger partial charge on any atom is 0.339 e. The van der Waals surface area contributed by atoms with Crippen molar-refractivity contribution in [1.29, 1.82) is 0 Å². The van der Waals surface area contributed by atoms with E-state index in [1.807, 2.05) is 0 Å². The zero-order valence-corrected chi connectivity index (χ0v) is 20.3. The number of aliphatic hydroxyl groups is 5. The van der Waals surface area contributed by atoms with Crippen LogP contribution in [0.1, 0.15) is 27.7 Å². The molecule has 12 atom stereocenters. The van der Waals surface area contributed by atoms with E-state index in [1.54, 1.807) is 0 Å². The third-order valence-corrected chi connectivity index (χ3v) is 5.95. The van der Waals surface area contributed by atoms with Gasteiger partial charge in [-0.1, -0.05) is 0 Å². The average molecular weight is 513 g/mol. The van der Waals surface area contributed by atoms with Crippen molar-refractivity contribution < 1.29 is 68.6 Å². The van der Waals surface area contributed by atoms with Gasteiger partial charge < -0.3 is 49.2 Å². The van der Waals surface area contributed by atoms with E-state index in [0.717, 1.165) is 0 Å². The van der Waals surface area contributed by atoms with Gasteiger partial charge in [0, 0.05) is 7.11 Å². The predicted octanol–water partition coefficient (Wildman–Crippen LogP) is -2.81. The number of carbonyl (C=O) groups is 2. The monoisotopic (exact) mass is 512 g/mol. The standard InChI is InChI=1S/C21H36O14/c1-8(23)9(2)32-20(28)11(4)35-30-7-13-19(15(25)14(24)10(3)31-13)34-21-17(27)16(26)18(29-5)12(6-22)33-21/h9-19,21-22,24-27H,6-7H2,1-5H3/t9?,10-,11?,12?,13?,14?,15?,16+,17?,18+,19+,21-/m0/s1. The van der Waals surface area contributed by atoms with Gasteiger partial charge in [-0.3, -0.25) is 4.79 Å². The van der Waals surface area contributed by atoms with Crippen LogP contribution in [0.15, 0.2) is 0 Å². The van der Waals surface area contributed by atoms with E-state index in [1.165, 1.54) is 34.8 Å². The second-order valence-electron chi connectivity index (χ2n) is 8.58. The molecule has 0 bridgehead atoms. The molecule has 2 rings (SSSR count). The Morgan fingerprint density at radius 2 is 1.54 bits per heavy atom. The predicted molar refractivity (Wildman–Crippen MR) is 113 cm³/mol. The lowest BCUT2D eigenvalue weighted by molar-refractivity contribution is -0.366. The van der Waals surface area contributed by atoms with Crippen LogP contribution in [0.25, 0.3) is 0 Å². The second-order valence-corrected chi connectivity index (χ2v) is 8.58. The van der Waals surface area contributed by atoms with E-state index in [0.29, 0.717) is 0 Å². The van der Waals surface area contributed by atoms with Crippen LogP contribution in [0.3, 0.4) is 0 Å². The zero-order valence-electron chi connectivity index (χ0n) is 20.3. The average Bonchev–Trinajstić information content (AvgIpc) is 2.82. The SMILES string of the molecule is CO[C@@H]1C(CO)O[C@@H](O[C@@H]2C(COOC(C)C(=O)OC(C)C(C)=O)O[C@@H](C)C(O)C2O)C(O)[C@H]1O. The van der Waals surface area contributed by atoms with Crippen molar-refractivity contribution in [1.82, 2.24) is 0 Å². The lowest BCUT2D eigenvalue weighted by atomic mass is 9.95. The molecule has 0 saturated carbocycles. The fourth-order valence-electron chi connectivity index (χ4n) is 3.64. The summed E-state index contributed by atoms with van der Waals surface area (Å²) in [4.78, 5) is 33.3. The molecule has 0 aromatic rings. The van der Waals surface area contributed by atoms with Gasteiger partial charge in [0.15, 0.2) is 24.3 Å². The van der Waals surface area contributed by atoms with E-state index >= 15 is 0 Å². The summed E-state index contributed by atoms with van der Waals surface area (Å²) in [6.45, 7) is 4.57. The van der Waals surface area contributed by atoms with Crippen molar-refractivity contribution in [2.24, 2.45) is 0 Å². The van der Waals surface area contributed by atoms with Gasteiger partial charge in [0.2, 0.25) is 0 Å². The second kappa shape index (κ2) is 13.3. The Bertz CT molecular complexity index is 689. The molecule has 0 amide bonds. The van der Waals surface area contributed by atoms with Crippen LogP contribution in [0.2, 0.25) is 0 Å². The Kier molecular flexibility index (Phi) is 11.4. The van der Waals surface area contributed by atoms with Crippen molar-refractivity contribution in [3.8, 4) is 0 Å². The van der Waals surface area contributed by atoms with Gasteiger partial charge in [-0.2, -0.15) is 0 Å². The molecule has 35 heavy (non-hydrogen) atoms. The van der Waals surface area contributed by atoms with E-state index < -0.39 is 92.6 Å². The molecule has 0 aromatic carbocycles. The highest BCUT2D eigenvalue weighted by Crippen LogP contribution is 2.30. The van der Waals surface area contributed by atoms with Crippen LogP contribution >= 0.6 is 0 Å². The summed E-state index contributed by atoms with van der Waals surface area (Å²) in [6, 6.07) is 0. The normalized spacial score (nSPS) is 39.6. The van der Waals surface area contributed by atoms with E-state index in [9.17, 15) is 35.1 Å². The molecule has 2 aliphatic heterocycles. The first kappa shape index (κ1) is 29.9. The third-order valence-electron chi connectivity index (χ3n) is 5.95. The van der Waals surface area contributed by atoms with Gasteiger partial charge in [0.05, 0.1) is 12.7 Å². The molecule has 5 N–H and O–H groups in total. The van der Waals surface area contributed by atoms with Crippen LogP contribution in [-0.4, -0.2) is 131 Å². The van der Waals surface area contributed by atoms with Crippen molar-refractivity contribution in [3.05, 3.63) is 0 Å². The van der Waals surface area contributed by atoms with Crippen LogP contribution in [0.4, 0.5) is 0 Å². The summed E-state index contributed by atoms with van der Waals surface area (Å²) in [5, 5.41) is 51.1. The van der Waals surface area contributed by atoms with Crippen LogP contribution < -0.4 is 0 Å². The molecular weight excluding hydrogens is 476 g/mol. The Morgan fingerprint density at radius 3 is 2.11 bits per heavy atom. The first-order valence-corrected chi connectivity index (χ1v) is 11.2. The van der Waals surface area contributed by atoms with E-state index in [2.05, 4.69) is 0 Å². The highest BCUT2D eigenvalue weighted by Gasteiger charge is 2.50. The quantitative estimate of drug-likeness (QED) is 0.108. The number of Topliss-reactive ketones (excluding diaryl/α,β-unsaturated/α-hetero) is 1. The molecule has 14 nitrogen and oxygen atoms in total. The molecule has 0 aromatic heterocycles. The molecule has 204 valence electrons. The Labute approximate surface area is 202 Å². The van der Waals surface area contributed by atoms with Gasteiger partial charge in [-0.25, -0.2) is 14.6 Å². The van der Waals surface area contributed by atoms with Crippen LogP contribution in [0, 0.1) is 0 Å². The fraction of sp³-hybridized carbons (Fsp3) is 0.905. The maximum atomic E-state index is 12.0. The minimum atomic E-state index is -1.62. The molecule has 2 heterocycles. The lowest BCUT2D eigenvalue weighted by Gasteiger charge is -2.46. The largest absolute Gasteiger partial charge is 0.453 e. The molecule has 2 saturated heterocycles. The number of hydrogen-bond acceptors (Lipinski definition) is 14. The number of esters is 1. The summed E-state index contributed by atoms with van der Waals surface area (Å²) in [5.41, 5.74) is 0. The smallest absolute Gasteiger partial charge is 0.339 e. The number of ether oxygens (including phenoxy) is 5. The lowest BCUT2D eigenvalue weighted by Crippen LogP contribution is -2.64. The van der Waals surface area contributed by atoms with Gasteiger partial charge in [0.25, 0.3) is 0 Å². The summed E-state index contributed by atoms with van der Waals surface area (Å²) >= 11 is 0. The Morgan fingerprint density at radius 1 is 0.914 bits per heavy atom. The molecular formula is C21H36O14. The van der Waals surface area contributed by atoms with Gasteiger partial charge in [0.1, 0.15) is 55.4 Å². The van der Waals surface area contributed by atoms with Gasteiger partial charge in [-0.15, -0.1) is 0 Å². The summed E-state index contributed by atoms with van der Waals surface area (Å²) < 4.78 is 26.8. The fourth-order valence-corrected chi connectivity index (χ4v) is 3.64.